The van der Waals surface area contributed by atoms with E-state index in [1.807, 2.05) is 62.1 Å². The fourth-order valence-electron chi connectivity index (χ4n) is 4.14. The summed E-state index contributed by atoms with van der Waals surface area (Å²) in [4.78, 5) is 29.9. The third kappa shape index (κ3) is 5.81. The first-order valence-electron chi connectivity index (χ1n) is 12.2. The van der Waals surface area contributed by atoms with E-state index < -0.39 is 0 Å². The van der Waals surface area contributed by atoms with Gasteiger partial charge in [-0.15, -0.1) is 0 Å². The third-order valence-corrected chi connectivity index (χ3v) is 6.21. The monoisotopic (exact) mass is 525 g/mol. The van der Waals surface area contributed by atoms with Gasteiger partial charge in [0.05, 0.1) is 52.7 Å². The molecule has 0 fully saturated rings. The molecule has 4 rings (SSSR count). The molecule has 0 atom stereocenters. The molecule has 0 aliphatic rings. The van der Waals surface area contributed by atoms with Crippen LogP contribution in [0.3, 0.4) is 0 Å². The molecule has 0 aliphatic carbocycles. The Labute approximate surface area is 227 Å². The second-order valence-electron chi connectivity index (χ2n) is 9.21. The number of nitrogens with one attached hydrogen (secondary N) is 2. The van der Waals surface area contributed by atoms with Crippen LogP contribution in [-0.2, 0) is 11.8 Å². The molecule has 4 aromatic rings. The number of fused-ring (bicyclic) bond motifs is 1. The first-order chi connectivity index (χ1) is 18.7. The summed E-state index contributed by atoms with van der Waals surface area (Å²) >= 11 is 0. The average molecular weight is 526 g/mol. The van der Waals surface area contributed by atoms with Crippen molar-refractivity contribution in [1.82, 2.24) is 24.4 Å². The molecule has 0 unspecified atom stereocenters. The number of anilines is 4. The van der Waals surface area contributed by atoms with Crippen LogP contribution in [0.4, 0.5) is 23.0 Å². The summed E-state index contributed by atoms with van der Waals surface area (Å²) in [6, 6.07) is 9.61. The maximum Gasteiger partial charge on any atom is 0.247 e. The summed E-state index contributed by atoms with van der Waals surface area (Å²) in [5.41, 5.74) is 5.03. The Balaban J connectivity index is 1.77. The number of pyridine rings is 1. The molecule has 2 N–H and O–H groups in total. The van der Waals surface area contributed by atoms with Gasteiger partial charge in [-0.1, -0.05) is 6.58 Å². The van der Waals surface area contributed by atoms with Crippen molar-refractivity contribution in [2.24, 2.45) is 7.05 Å². The molecule has 3 heterocycles. The number of rotatable bonds is 10. The van der Waals surface area contributed by atoms with E-state index >= 15 is 0 Å². The topological polar surface area (TPSA) is 124 Å². The van der Waals surface area contributed by atoms with Crippen LogP contribution in [0.1, 0.15) is 5.56 Å². The Morgan fingerprint density at radius 1 is 1.23 bits per heavy atom. The molecule has 1 amide bonds. The molecular formula is C28H31N9O2. The van der Waals surface area contributed by atoms with Gasteiger partial charge in [0.15, 0.2) is 0 Å². The molecule has 39 heavy (non-hydrogen) atoms. The van der Waals surface area contributed by atoms with Crippen molar-refractivity contribution in [3.05, 3.63) is 61.1 Å². The molecule has 11 nitrogen and oxygen atoms in total. The highest BCUT2D eigenvalue weighted by Crippen LogP contribution is 2.38. The normalized spacial score (nSPS) is 10.8. The predicted molar refractivity (Wildman–Crippen MR) is 153 cm³/mol. The molecule has 0 aliphatic heterocycles. The van der Waals surface area contributed by atoms with Crippen molar-refractivity contribution in [2.75, 3.05) is 56.9 Å². The number of benzene rings is 1. The highest BCUT2D eigenvalue weighted by Gasteiger charge is 2.19. The van der Waals surface area contributed by atoms with Gasteiger partial charge < -0.3 is 29.7 Å². The zero-order valence-corrected chi connectivity index (χ0v) is 22.7. The fraction of sp³-hybridized carbons (Fsp3) is 0.250. The molecule has 0 spiro atoms. The zero-order chi connectivity index (χ0) is 28.1. The van der Waals surface area contributed by atoms with E-state index in [1.165, 1.54) is 12.3 Å². The van der Waals surface area contributed by atoms with E-state index in [0.717, 1.165) is 35.4 Å². The van der Waals surface area contributed by atoms with E-state index in [9.17, 15) is 10.1 Å². The number of methoxy groups -OCH3 is 1. The number of carbonyl (C=O) groups is 1. The SMILES string of the molecule is C=CC(=O)Nc1cc(Nc2ncc(C#N)c(-c3cn(C)c4cccnc34)n2)c(OC)cc1N(C)CCN(C)C. The minimum atomic E-state index is -0.339. The summed E-state index contributed by atoms with van der Waals surface area (Å²) in [7, 11) is 9.44. The minimum Gasteiger partial charge on any atom is -0.494 e. The lowest BCUT2D eigenvalue weighted by molar-refractivity contribution is -0.111. The summed E-state index contributed by atoms with van der Waals surface area (Å²) in [6.45, 7) is 5.11. The lowest BCUT2D eigenvalue weighted by Gasteiger charge is -2.26. The second-order valence-corrected chi connectivity index (χ2v) is 9.21. The quantitative estimate of drug-likeness (QED) is 0.298. The molecule has 3 aromatic heterocycles. The first kappa shape index (κ1) is 27.1. The van der Waals surface area contributed by atoms with Gasteiger partial charge in [0.25, 0.3) is 0 Å². The van der Waals surface area contributed by atoms with Crippen LogP contribution in [0.5, 0.6) is 5.75 Å². The number of aryl methyl sites for hydroxylation is 1. The Bertz CT molecular complexity index is 1570. The van der Waals surface area contributed by atoms with Gasteiger partial charge in [-0.2, -0.15) is 5.26 Å². The van der Waals surface area contributed by atoms with Gasteiger partial charge >= 0.3 is 0 Å². The van der Waals surface area contributed by atoms with Crippen molar-refractivity contribution in [1.29, 1.82) is 5.26 Å². The molecule has 0 saturated carbocycles. The van der Waals surface area contributed by atoms with Crippen LogP contribution >= 0.6 is 0 Å². The average Bonchev–Trinajstić information content (AvgIpc) is 3.28. The zero-order valence-electron chi connectivity index (χ0n) is 22.7. The minimum absolute atomic E-state index is 0.255. The number of nitriles is 1. The Hall–Kier alpha value is -4.95. The standard InChI is InChI=1S/C28H31N9O2/c1-7-25(38)32-20-13-21(24(39-6)14-23(20)36(4)12-11-35(2)3)33-28-31-16-18(15-29)26(34-28)19-17-37(5)22-9-8-10-30-27(19)22/h7-10,13-14,16-17H,1,11-12H2,2-6H3,(H,32,38)(H,31,33,34). The predicted octanol–water partition coefficient (Wildman–Crippen LogP) is 3.78. The molecule has 200 valence electrons. The van der Waals surface area contributed by atoms with Gasteiger partial charge in [0.2, 0.25) is 11.9 Å². The van der Waals surface area contributed by atoms with Crippen LogP contribution in [0.25, 0.3) is 22.3 Å². The van der Waals surface area contributed by atoms with E-state index in [-0.39, 0.29) is 11.9 Å². The number of hydrogen-bond donors (Lipinski definition) is 2. The van der Waals surface area contributed by atoms with Crippen LogP contribution in [0.15, 0.2) is 55.5 Å². The van der Waals surface area contributed by atoms with Crippen LogP contribution in [0.2, 0.25) is 0 Å². The molecule has 1 aromatic carbocycles. The van der Waals surface area contributed by atoms with Crippen molar-refractivity contribution in [2.45, 2.75) is 0 Å². The Morgan fingerprint density at radius 3 is 2.72 bits per heavy atom. The number of nitrogens with zero attached hydrogens (tertiary/aromatic N) is 7. The van der Waals surface area contributed by atoms with E-state index in [1.54, 1.807) is 19.4 Å². The van der Waals surface area contributed by atoms with Crippen molar-refractivity contribution in [3.63, 3.8) is 0 Å². The first-order valence-corrected chi connectivity index (χ1v) is 12.2. The van der Waals surface area contributed by atoms with Gasteiger partial charge in [-0.3, -0.25) is 9.78 Å². The van der Waals surface area contributed by atoms with E-state index in [4.69, 9.17) is 4.74 Å². The largest absolute Gasteiger partial charge is 0.494 e. The number of hydrogen-bond acceptors (Lipinski definition) is 9. The summed E-state index contributed by atoms with van der Waals surface area (Å²) in [5, 5.41) is 15.9. The summed E-state index contributed by atoms with van der Waals surface area (Å²) < 4.78 is 7.63. The number of aromatic nitrogens is 4. The van der Waals surface area contributed by atoms with Crippen molar-refractivity contribution in [3.8, 4) is 23.1 Å². The van der Waals surface area contributed by atoms with Gasteiger partial charge in [0, 0.05) is 51.2 Å². The fourth-order valence-corrected chi connectivity index (χ4v) is 4.14. The highest BCUT2D eigenvalue weighted by molar-refractivity contribution is 6.02. The molecule has 0 saturated heterocycles. The van der Waals surface area contributed by atoms with Gasteiger partial charge in [-0.25, -0.2) is 9.97 Å². The Morgan fingerprint density at radius 2 is 2.03 bits per heavy atom. The summed E-state index contributed by atoms with van der Waals surface area (Å²) in [6.07, 6.45) is 6.30. The lowest BCUT2D eigenvalue weighted by Crippen LogP contribution is -2.29. The summed E-state index contributed by atoms with van der Waals surface area (Å²) in [5.74, 6) is 0.443. The van der Waals surface area contributed by atoms with Crippen LogP contribution in [-0.4, -0.2) is 71.7 Å². The molecular weight excluding hydrogens is 494 g/mol. The third-order valence-electron chi connectivity index (χ3n) is 6.21. The molecule has 0 radical (unpaired) electrons. The molecule has 0 bridgehead atoms. The second kappa shape index (κ2) is 11.6. The van der Waals surface area contributed by atoms with Gasteiger partial charge in [-0.05, 0) is 38.4 Å². The number of likely N-dealkylation sites (N-methyl/N-ethyl adjacent to an activating group) is 2. The van der Waals surface area contributed by atoms with E-state index in [0.29, 0.717) is 28.4 Å². The van der Waals surface area contributed by atoms with Crippen LogP contribution in [0, 0.1) is 11.3 Å². The number of carbonyl (C=O) groups excluding carboxylic acids is 1. The van der Waals surface area contributed by atoms with Crippen LogP contribution < -0.4 is 20.3 Å². The van der Waals surface area contributed by atoms with Gasteiger partial charge in [0.1, 0.15) is 11.8 Å². The number of amides is 1. The smallest absolute Gasteiger partial charge is 0.247 e. The van der Waals surface area contributed by atoms with E-state index in [2.05, 4.69) is 43.1 Å². The maximum atomic E-state index is 12.3. The Kier molecular flexibility index (Phi) is 8.07. The molecule has 11 heteroatoms. The van der Waals surface area contributed by atoms with Crippen molar-refractivity contribution < 1.29 is 9.53 Å². The lowest BCUT2D eigenvalue weighted by atomic mass is 10.1. The number of ether oxygens (including phenoxy) is 1. The van der Waals surface area contributed by atoms with Crippen molar-refractivity contribution >= 4 is 40.0 Å². The highest BCUT2D eigenvalue weighted by atomic mass is 16.5. The maximum absolute atomic E-state index is 12.3.